The molecule has 0 aromatic heterocycles. The average Bonchev–Trinajstić information content (AvgIpc) is 2.46. The van der Waals surface area contributed by atoms with Gasteiger partial charge in [-0.1, -0.05) is 28.1 Å². The number of nitrogens with two attached hydrogens (primary N) is 1. The van der Waals surface area contributed by atoms with Gasteiger partial charge in [0, 0.05) is 11.0 Å². The van der Waals surface area contributed by atoms with Crippen molar-refractivity contribution in [3.05, 3.63) is 58.3 Å². The third-order valence-electron chi connectivity index (χ3n) is 2.84. The molecule has 0 spiro atoms. The van der Waals surface area contributed by atoms with Gasteiger partial charge in [-0.3, -0.25) is 0 Å². The maximum Gasteiger partial charge on any atom is 0.166 e. The van der Waals surface area contributed by atoms with Gasteiger partial charge in [0.25, 0.3) is 0 Å². The molecule has 0 fully saturated rings. The lowest BCUT2D eigenvalue weighted by molar-refractivity contribution is 0.204. The van der Waals surface area contributed by atoms with Gasteiger partial charge >= 0.3 is 0 Å². The fourth-order valence-corrected chi connectivity index (χ4v) is 2.15. The normalized spacial score (nSPS) is 12.0. The molecule has 2 N–H and O–H groups in total. The summed E-state index contributed by atoms with van der Waals surface area (Å²) >= 11 is 3.21. The Labute approximate surface area is 125 Å². The lowest BCUT2D eigenvalue weighted by atomic mass is 10.1. The molecule has 0 amide bonds. The van der Waals surface area contributed by atoms with Gasteiger partial charge in [0.1, 0.15) is 11.9 Å². The van der Waals surface area contributed by atoms with Crippen LogP contribution in [0.5, 0.6) is 11.5 Å². The summed E-state index contributed by atoms with van der Waals surface area (Å²) in [6, 6.07) is 12.0. The van der Waals surface area contributed by atoms with Crippen LogP contribution in [0, 0.1) is 5.82 Å². The Morgan fingerprint density at radius 2 is 2.05 bits per heavy atom. The van der Waals surface area contributed by atoms with E-state index >= 15 is 0 Å². The topological polar surface area (TPSA) is 44.5 Å². The molecule has 0 aliphatic heterocycles. The van der Waals surface area contributed by atoms with E-state index in [-0.39, 0.29) is 12.3 Å². The highest BCUT2D eigenvalue weighted by Crippen LogP contribution is 2.27. The van der Waals surface area contributed by atoms with Crippen LogP contribution in [0.3, 0.4) is 0 Å². The predicted molar refractivity (Wildman–Crippen MR) is 79.5 cm³/mol. The van der Waals surface area contributed by atoms with Crippen molar-refractivity contribution in [3.63, 3.8) is 0 Å². The van der Waals surface area contributed by atoms with Gasteiger partial charge in [-0.15, -0.1) is 0 Å². The first kappa shape index (κ1) is 14.8. The summed E-state index contributed by atoms with van der Waals surface area (Å²) < 4.78 is 25.3. The monoisotopic (exact) mass is 339 g/mol. The van der Waals surface area contributed by atoms with Gasteiger partial charge in [-0.2, -0.15) is 0 Å². The Kier molecular flexibility index (Phi) is 4.98. The van der Waals surface area contributed by atoms with Crippen molar-refractivity contribution in [2.45, 2.75) is 6.10 Å². The first-order valence-electron chi connectivity index (χ1n) is 6.09. The Morgan fingerprint density at radius 3 is 2.70 bits per heavy atom. The van der Waals surface area contributed by atoms with Gasteiger partial charge in [0.2, 0.25) is 0 Å². The van der Waals surface area contributed by atoms with E-state index in [0.717, 1.165) is 5.56 Å². The van der Waals surface area contributed by atoms with Crippen LogP contribution >= 0.6 is 15.9 Å². The molecule has 0 aliphatic rings. The van der Waals surface area contributed by atoms with Crippen molar-refractivity contribution >= 4 is 15.9 Å². The number of methoxy groups -OCH3 is 1. The average molecular weight is 340 g/mol. The molecule has 1 unspecified atom stereocenters. The number of hydrogen-bond acceptors (Lipinski definition) is 3. The molecule has 2 aromatic carbocycles. The molecule has 20 heavy (non-hydrogen) atoms. The van der Waals surface area contributed by atoms with Crippen molar-refractivity contribution < 1.29 is 13.9 Å². The quantitative estimate of drug-likeness (QED) is 0.903. The number of hydrogen-bond donors (Lipinski definition) is 1. The molecular weight excluding hydrogens is 325 g/mol. The molecule has 2 aromatic rings. The van der Waals surface area contributed by atoms with E-state index in [0.29, 0.717) is 10.2 Å². The van der Waals surface area contributed by atoms with Gasteiger partial charge in [0.05, 0.1) is 7.11 Å². The zero-order chi connectivity index (χ0) is 14.5. The summed E-state index contributed by atoms with van der Waals surface area (Å²) in [5.74, 6) is 0.452. The van der Waals surface area contributed by atoms with E-state index in [4.69, 9.17) is 15.2 Å². The van der Waals surface area contributed by atoms with Gasteiger partial charge in [-0.25, -0.2) is 4.39 Å². The lowest BCUT2D eigenvalue weighted by Gasteiger charge is -2.19. The minimum absolute atomic E-state index is 0.173. The van der Waals surface area contributed by atoms with Crippen LogP contribution < -0.4 is 15.2 Å². The van der Waals surface area contributed by atoms with E-state index in [9.17, 15) is 4.39 Å². The van der Waals surface area contributed by atoms with Crippen molar-refractivity contribution in [1.82, 2.24) is 0 Å². The fraction of sp³-hybridized carbons (Fsp3) is 0.200. The van der Waals surface area contributed by atoms with E-state index in [1.165, 1.54) is 6.07 Å². The van der Waals surface area contributed by atoms with E-state index in [2.05, 4.69) is 15.9 Å². The zero-order valence-corrected chi connectivity index (χ0v) is 12.6. The van der Waals surface area contributed by atoms with Gasteiger partial charge < -0.3 is 15.2 Å². The predicted octanol–water partition coefficient (Wildman–Crippen LogP) is 3.68. The lowest BCUT2D eigenvalue weighted by Crippen LogP contribution is -2.19. The fourth-order valence-electron chi connectivity index (χ4n) is 1.82. The van der Waals surface area contributed by atoms with Crippen LogP contribution in [-0.2, 0) is 0 Å². The summed E-state index contributed by atoms with van der Waals surface area (Å²) in [5, 5.41) is 0. The molecule has 0 saturated carbocycles. The number of ether oxygens (including phenoxy) is 2. The molecule has 106 valence electrons. The van der Waals surface area contributed by atoms with Gasteiger partial charge in [-0.05, 0) is 35.9 Å². The van der Waals surface area contributed by atoms with Crippen molar-refractivity contribution in [2.24, 2.45) is 5.73 Å². The highest BCUT2D eigenvalue weighted by Gasteiger charge is 2.15. The Balaban J connectivity index is 2.23. The second-order valence-corrected chi connectivity index (χ2v) is 5.11. The van der Waals surface area contributed by atoms with Crippen molar-refractivity contribution in [2.75, 3.05) is 13.7 Å². The molecule has 1 atom stereocenters. The molecule has 0 saturated heterocycles. The zero-order valence-electron chi connectivity index (χ0n) is 11.0. The molecule has 0 radical (unpaired) electrons. The first-order chi connectivity index (χ1) is 9.63. The minimum Gasteiger partial charge on any atom is -0.497 e. The van der Waals surface area contributed by atoms with E-state index < -0.39 is 11.9 Å². The van der Waals surface area contributed by atoms with Crippen LogP contribution in [-0.4, -0.2) is 13.7 Å². The van der Waals surface area contributed by atoms with Crippen molar-refractivity contribution in [1.29, 1.82) is 0 Å². The first-order valence-corrected chi connectivity index (χ1v) is 6.89. The second-order valence-electron chi connectivity index (χ2n) is 4.19. The maximum atomic E-state index is 13.8. The molecular formula is C15H15BrFNO2. The molecule has 0 aliphatic carbocycles. The van der Waals surface area contributed by atoms with Gasteiger partial charge in [0.15, 0.2) is 11.6 Å². The van der Waals surface area contributed by atoms with Crippen LogP contribution in [0.25, 0.3) is 0 Å². The largest absolute Gasteiger partial charge is 0.497 e. The number of benzene rings is 2. The summed E-state index contributed by atoms with van der Waals surface area (Å²) in [6.07, 6.45) is -0.430. The molecule has 3 nitrogen and oxygen atoms in total. The van der Waals surface area contributed by atoms with Crippen LogP contribution in [0.15, 0.2) is 46.9 Å². The standard InChI is InChI=1S/C15H15BrFNO2/c1-19-12-4-2-3-10(7-12)15(9-18)20-14-6-5-11(16)8-13(14)17/h2-8,15H,9,18H2,1H3. The number of halogens is 2. The van der Waals surface area contributed by atoms with Crippen LogP contribution in [0.2, 0.25) is 0 Å². The second kappa shape index (κ2) is 6.72. The third kappa shape index (κ3) is 3.49. The molecule has 2 rings (SSSR count). The molecule has 0 bridgehead atoms. The van der Waals surface area contributed by atoms with Crippen LogP contribution in [0.1, 0.15) is 11.7 Å². The summed E-state index contributed by atoms with van der Waals surface area (Å²) in [6.45, 7) is 0.239. The maximum absolute atomic E-state index is 13.8. The minimum atomic E-state index is -0.430. The van der Waals surface area contributed by atoms with E-state index in [1.807, 2.05) is 24.3 Å². The third-order valence-corrected chi connectivity index (χ3v) is 3.34. The SMILES string of the molecule is COc1cccc(C(CN)Oc2ccc(Br)cc2F)c1. The van der Waals surface area contributed by atoms with Crippen molar-refractivity contribution in [3.8, 4) is 11.5 Å². The smallest absolute Gasteiger partial charge is 0.166 e. The highest BCUT2D eigenvalue weighted by molar-refractivity contribution is 9.10. The number of rotatable bonds is 5. The Bertz CT molecular complexity index is 592. The Hall–Kier alpha value is -1.59. The molecule has 0 heterocycles. The summed E-state index contributed by atoms with van der Waals surface area (Å²) in [7, 11) is 1.59. The highest BCUT2D eigenvalue weighted by atomic mass is 79.9. The summed E-state index contributed by atoms with van der Waals surface area (Å²) in [5.41, 5.74) is 6.57. The Morgan fingerprint density at radius 1 is 1.25 bits per heavy atom. The molecule has 5 heteroatoms. The van der Waals surface area contributed by atoms with Crippen LogP contribution in [0.4, 0.5) is 4.39 Å². The summed E-state index contributed by atoms with van der Waals surface area (Å²) in [4.78, 5) is 0. The van der Waals surface area contributed by atoms with E-state index in [1.54, 1.807) is 19.2 Å².